The van der Waals surface area contributed by atoms with Crippen LogP contribution in [0.2, 0.25) is 0 Å². The molecule has 0 spiro atoms. The highest BCUT2D eigenvalue weighted by Crippen LogP contribution is 2.34. The van der Waals surface area contributed by atoms with Gasteiger partial charge in [0.2, 0.25) is 0 Å². The molecule has 0 fully saturated rings. The van der Waals surface area contributed by atoms with E-state index in [1.54, 1.807) is 6.20 Å². The predicted octanol–water partition coefficient (Wildman–Crippen LogP) is 4.48. The van der Waals surface area contributed by atoms with Crippen molar-refractivity contribution in [1.82, 2.24) is 15.3 Å². The van der Waals surface area contributed by atoms with Crippen molar-refractivity contribution < 1.29 is 0 Å². The molecule has 2 unspecified atom stereocenters. The second-order valence-corrected chi connectivity index (χ2v) is 6.22. The van der Waals surface area contributed by atoms with Gasteiger partial charge in [-0.3, -0.25) is 0 Å². The van der Waals surface area contributed by atoms with Crippen LogP contribution >= 0.6 is 0 Å². The number of nitrogens with zero attached hydrogens (tertiary/aromatic N) is 1. The van der Waals surface area contributed by atoms with E-state index in [-0.39, 0.29) is 0 Å². The third kappa shape index (κ3) is 4.33. The number of aromatic amines is 1. The Balaban J connectivity index is 1.66. The van der Waals surface area contributed by atoms with Crippen molar-refractivity contribution in [3.8, 4) is 0 Å². The predicted molar refractivity (Wildman–Crippen MR) is 99.0 cm³/mol. The number of nitrogens with one attached hydrogen (secondary N) is 2. The zero-order chi connectivity index (χ0) is 16.6. The molecule has 0 bridgehead atoms. The van der Waals surface area contributed by atoms with Gasteiger partial charge in [0.25, 0.3) is 0 Å². The van der Waals surface area contributed by atoms with Gasteiger partial charge in [-0.25, -0.2) is 4.98 Å². The van der Waals surface area contributed by atoms with Gasteiger partial charge in [0.15, 0.2) is 0 Å². The lowest BCUT2D eigenvalue weighted by Gasteiger charge is -2.25. The normalized spacial score (nSPS) is 13.5. The lowest BCUT2D eigenvalue weighted by Crippen LogP contribution is -2.20. The largest absolute Gasteiger partial charge is 0.348 e. The molecule has 3 nitrogen and oxygen atoms in total. The minimum absolute atomic E-state index is 0.485. The van der Waals surface area contributed by atoms with E-state index in [1.807, 2.05) is 6.20 Å². The topological polar surface area (TPSA) is 40.7 Å². The van der Waals surface area contributed by atoms with Crippen molar-refractivity contribution in [3.63, 3.8) is 0 Å². The van der Waals surface area contributed by atoms with Crippen molar-refractivity contribution in [1.29, 1.82) is 0 Å². The van der Waals surface area contributed by atoms with Crippen LogP contribution in [-0.2, 0) is 6.54 Å². The fourth-order valence-corrected chi connectivity index (χ4v) is 3.25. The highest BCUT2D eigenvalue weighted by Gasteiger charge is 2.20. The first-order chi connectivity index (χ1) is 11.8. The van der Waals surface area contributed by atoms with Gasteiger partial charge in [-0.1, -0.05) is 67.6 Å². The van der Waals surface area contributed by atoms with Crippen LogP contribution < -0.4 is 5.32 Å². The van der Waals surface area contributed by atoms with Crippen LogP contribution in [0.15, 0.2) is 73.1 Å². The summed E-state index contributed by atoms with van der Waals surface area (Å²) in [5.41, 5.74) is 2.81. The molecule has 1 heterocycles. The van der Waals surface area contributed by atoms with Gasteiger partial charge in [0.05, 0.1) is 6.54 Å². The molecule has 1 aromatic heterocycles. The second kappa shape index (κ2) is 8.46. The van der Waals surface area contributed by atoms with Gasteiger partial charge in [-0.15, -0.1) is 0 Å². The first-order valence-corrected chi connectivity index (χ1v) is 8.63. The molecule has 3 heteroatoms. The lowest BCUT2D eigenvalue weighted by molar-refractivity contribution is 0.504. The van der Waals surface area contributed by atoms with E-state index in [1.165, 1.54) is 11.1 Å². The molecule has 0 aliphatic carbocycles. The Bertz CT molecular complexity index is 692. The van der Waals surface area contributed by atoms with E-state index in [0.717, 1.165) is 25.3 Å². The van der Waals surface area contributed by atoms with Crippen LogP contribution in [0.3, 0.4) is 0 Å². The molecule has 2 N–H and O–H groups in total. The van der Waals surface area contributed by atoms with E-state index in [2.05, 4.69) is 82.9 Å². The standard InChI is InChI=1S/C21H25N3/c1-17(18-8-4-2-5-9-18)20(19-10-6-3-7-11-19)12-13-22-16-21-23-14-15-24-21/h2-11,14-15,17,20,22H,12-13,16H2,1H3,(H,23,24). The zero-order valence-corrected chi connectivity index (χ0v) is 14.2. The Morgan fingerprint density at radius 2 is 1.62 bits per heavy atom. The second-order valence-electron chi connectivity index (χ2n) is 6.22. The molecule has 0 saturated heterocycles. The molecular formula is C21H25N3. The Labute approximate surface area is 144 Å². The van der Waals surface area contributed by atoms with Crippen LogP contribution in [0.4, 0.5) is 0 Å². The van der Waals surface area contributed by atoms with Crippen LogP contribution in [0.1, 0.15) is 42.1 Å². The monoisotopic (exact) mass is 319 g/mol. The summed E-state index contributed by atoms with van der Waals surface area (Å²) in [5, 5.41) is 3.50. The van der Waals surface area contributed by atoms with Crippen molar-refractivity contribution in [3.05, 3.63) is 90.0 Å². The van der Waals surface area contributed by atoms with Crippen molar-refractivity contribution in [2.24, 2.45) is 0 Å². The number of imidazole rings is 1. The van der Waals surface area contributed by atoms with Crippen molar-refractivity contribution >= 4 is 0 Å². The summed E-state index contributed by atoms with van der Waals surface area (Å²) in [7, 11) is 0. The molecule has 3 rings (SSSR count). The minimum atomic E-state index is 0.485. The number of hydrogen-bond acceptors (Lipinski definition) is 2. The van der Waals surface area contributed by atoms with Gasteiger partial charge in [-0.05, 0) is 35.9 Å². The average molecular weight is 319 g/mol. The van der Waals surface area contributed by atoms with Gasteiger partial charge in [0.1, 0.15) is 5.82 Å². The summed E-state index contributed by atoms with van der Waals surface area (Å²) < 4.78 is 0. The molecule has 2 atom stereocenters. The van der Waals surface area contributed by atoms with Crippen LogP contribution in [0.5, 0.6) is 0 Å². The third-order valence-electron chi connectivity index (χ3n) is 4.64. The van der Waals surface area contributed by atoms with Crippen LogP contribution in [0, 0.1) is 0 Å². The quantitative estimate of drug-likeness (QED) is 0.601. The number of aromatic nitrogens is 2. The summed E-state index contributed by atoms with van der Waals surface area (Å²) in [6.45, 7) is 4.09. The van der Waals surface area contributed by atoms with Crippen molar-refractivity contribution in [2.45, 2.75) is 31.7 Å². The number of benzene rings is 2. The number of H-pyrrole nitrogens is 1. The Morgan fingerprint density at radius 3 is 2.25 bits per heavy atom. The Kier molecular flexibility index (Phi) is 5.80. The summed E-state index contributed by atoms with van der Waals surface area (Å²) >= 11 is 0. The summed E-state index contributed by atoms with van der Waals surface area (Å²) in [6.07, 6.45) is 4.75. The van der Waals surface area contributed by atoms with E-state index in [0.29, 0.717) is 11.8 Å². The summed E-state index contributed by atoms with van der Waals surface area (Å²) in [4.78, 5) is 7.39. The molecule has 0 saturated carbocycles. The molecule has 0 aliphatic rings. The van der Waals surface area contributed by atoms with E-state index in [9.17, 15) is 0 Å². The molecule has 3 aromatic rings. The fourth-order valence-electron chi connectivity index (χ4n) is 3.25. The Hall–Kier alpha value is -2.39. The van der Waals surface area contributed by atoms with Gasteiger partial charge < -0.3 is 10.3 Å². The zero-order valence-electron chi connectivity index (χ0n) is 14.2. The molecule has 124 valence electrons. The average Bonchev–Trinajstić information content (AvgIpc) is 3.16. The van der Waals surface area contributed by atoms with E-state index < -0.39 is 0 Å². The Morgan fingerprint density at radius 1 is 0.958 bits per heavy atom. The SMILES string of the molecule is CC(c1ccccc1)C(CCNCc1ncc[nH]1)c1ccccc1. The van der Waals surface area contributed by atoms with E-state index >= 15 is 0 Å². The first kappa shape index (κ1) is 16.5. The highest BCUT2D eigenvalue weighted by molar-refractivity contribution is 5.28. The maximum Gasteiger partial charge on any atom is 0.120 e. The van der Waals surface area contributed by atoms with Gasteiger partial charge >= 0.3 is 0 Å². The fraction of sp³-hybridized carbons (Fsp3) is 0.286. The molecule has 0 amide bonds. The molecular weight excluding hydrogens is 294 g/mol. The summed E-state index contributed by atoms with van der Waals surface area (Å²) in [6, 6.07) is 21.7. The minimum Gasteiger partial charge on any atom is -0.348 e. The van der Waals surface area contributed by atoms with Crippen LogP contribution in [-0.4, -0.2) is 16.5 Å². The first-order valence-electron chi connectivity index (χ1n) is 8.63. The molecule has 24 heavy (non-hydrogen) atoms. The van der Waals surface area contributed by atoms with E-state index in [4.69, 9.17) is 0 Å². The van der Waals surface area contributed by atoms with Gasteiger partial charge in [0, 0.05) is 12.4 Å². The highest BCUT2D eigenvalue weighted by atomic mass is 15.0. The maximum absolute atomic E-state index is 4.26. The molecule has 2 aromatic carbocycles. The summed E-state index contributed by atoms with van der Waals surface area (Å²) in [5.74, 6) is 1.97. The lowest BCUT2D eigenvalue weighted by atomic mass is 9.80. The number of rotatable bonds is 8. The number of hydrogen-bond donors (Lipinski definition) is 2. The van der Waals surface area contributed by atoms with Crippen molar-refractivity contribution in [2.75, 3.05) is 6.54 Å². The third-order valence-corrected chi connectivity index (χ3v) is 4.64. The van der Waals surface area contributed by atoms with Gasteiger partial charge in [-0.2, -0.15) is 0 Å². The maximum atomic E-state index is 4.26. The molecule has 0 radical (unpaired) electrons. The smallest absolute Gasteiger partial charge is 0.120 e. The van der Waals surface area contributed by atoms with Crippen LogP contribution in [0.25, 0.3) is 0 Å². The molecule has 0 aliphatic heterocycles.